The van der Waals surface area contributed by atoms with Crippen LogP contribution in [0.15, 0.2) is 29.8 Å². The fraction of sp³-hybridized carbons (Fsp3) is 0.725. The van der Waals surface area contributed by atoms with E-state index in [9.17, 15) is 24.6 Å². The molecule has 290 valence electrons. The number of esters is 1. The van der Waals surface area contributed by atoms with Gasteiger partial charge in [-0.3, -0.25) is 19.2 Å². The van der Waals surface area contributed by atoms with Crippen molar-refractivity contribution in [3.63, 3.8) is 0 Å². The highest BCUT2D eigenvalue weighted by Gasteiger charge is 2.62. The first kappa shape index (κ1) is 40.2. The predicted octanol–water partition coefficient (Wildman–Crippen LogP) is 3.81. The Morgan fingerprint density at radius 3 is 2.52 bits per heavy atom. The van der Waals surface area contributed by atoms with E-state index in [1.807, 2.05) is 25.1 Å². The predicted molar refractivity (Wildman–Crippen MR) is 199 cm³/mol. The number of amides is 2. The second kappa shape index (κ2) is 17.0. The van der Waals surface area contributed by atoms with Gasteiger partial charge in [-0.25, -0.2) is 0 Å². The average molecular weight is 727 g/mol. The summed E-state index contributed by atoms with van der Waals surface area (Å²) in [4.78, 5) is 47.6. The number of rotatable bonds is 15. The van der Waals surface area contributed by atoms with Crippen molar-refractivity contribution in [2.75, 3.05) is 52.9 Å². The highest BCUT2D eigenvalue weighted by Crippen LogP contribution is 2.66. The number of nitrogens with zero attached hydrogens (tertiary/aromatic N) is 2. The second-order valence-electron chi connectivity index (χ2n) is 15.9. The zero-order valence-corrected chi connectivity index (χ0v) is 32.4. The first-order chi connectivity index (χ1) is 24.8. The number of allylic oxidation sites excluding steroid dienone is 1. The number of aliphatic hydroxyl groups excluding tert-OH is 2. The molecular weight excluding hydrogens is 664 g/mol. The Hall–Kier alpha value is -3.03. The zero-order chi connectivity index (χ0) is 37.9. The number of methoxy groups -OCH3 is 2. The third-order valence-electron chi connectivity index (χ3n) is 12.7. The summed E-state index contributed by atoms with van der Waals surface area (Å²) in [6.45, 7) is 8.12. The summed E-state index contributed by atoms with van der Waals surface area (Å²) in [5.74, 6) is -0.495. The summed E-state index contributed by atoms with van der Waals surface area (Å²) in [7, 11) is 6.75. The molecule has 52 heavy (non-hydrogen) atoms. The summed E-state index contributed by atoms with van der Waals surface area (Å²) in [5.41, 5.74) is 3.38. The lowest BCUT2D eigenvalue weighted by Crippen LogP contribution is -2.56. The molecule has 5 rings (SSSR count). The summed E-state index contributed by atoms with van der Waals surface area (Å²) < 4.78 is 10.9. The lowest BCUT2D eigenvalue weighted by atomic mass is 9.69. The van der Waals surface area contributed by atoms with Crippen LogP contribution >= 0.6 is 0 Å². The highest BCUT2D eigenvalue weighted by atomic mass is 16.7. The van der Waals surface area contributed by atoms with Gasteiger partial charge in [0, 0.05) is 56.9 Å². The smallest absolute Gasteiger partial charge is 0.325 e. The molecule has 12 nitrogen and oxygen atoms in total. The minimum atomic E-state index is -0.894. The number of hydrogen-bond acceptors (Lipinski definition) is 10. The van der Waals surface area contributed by atoms with Crippen molar-refractivity contribution in [1.82, 2.24) is 15.7 Å². The van der Waals surface area contributed by atoms with Crippen LogP contribution in [-0.2, 0) is 23.9 Å². The van der Waals surface area contributed by atoms with Crippen molar-refractivity contribution >= 4 is 23.5 Å². The van der Waals surface area contributed by atoms with E-state index in [0.29, 0.717) is 28.7 Å². The van der Waals surface area contributed by atoms with E-state index in [1.165, 1.54) is 13.5 Å². The van der Waals surface area contributed by atoms with Gasteiger partial charge in [0.1, 0.15) is 18.7 Å². The Morgan fingerprint density at radius 2 is 1.90 bits per heavy atom. The molecule has 5 unspecified atom stereocenters. The molecule has 0 bridgehead atoms. The Balaban J connectivity index is 1.40. The van der Waals surface area contributed by atoms with E-state index in [2.05, 4.69) is 48.3 Å². The lowest BCUT2D eigenvalue weighted by Gasteiger charge is -2.41. The molecule has 0 spiro atoms. The fourth-order valence-electron chi connectivity index (χ4n) is 9.66. The molecule has 1 aromatic rings. The average Bonchev–Trinajstić information content (AvgIpc) is 3.74. The van der Waals surface area contributed by atoms with Gasteiger partial charge in [0.2, 0.25) is 5.91 Å². The van der Waals surface area contributed by atoms with Crippen LogP contribution in [0.2, 0.25) is 0 Å². The van der Waals surface area contributed by atoms with Crippen LogP contribution in [0.1, 0.15) is 94.5 Å². The van der Waals surface area contributed by atoms with Crippen LogP contribution in [0.5, 0.6) is 0 Å². The molecule has 4 aliphatic rings. The molecule has 1 aliphatic heterocycles. The van der Waals surface area contributed by atoms with Crippen molar-refractivity contribution in [3.05, 3.63) is 41.0 Å². The third kappa shape index (κ3) is 8.21. The molecule has 3 aliphatic carbocycles. The van der Waals surface area contributed by atoms with Crippen molar-refractivity contribution in [2.45, 2.75) is 109 Å². The van der Waals surface area contributed by atoms with Crippen LogP contribution in [-0.4, -0.2) is 111 Å². The summed E-state index contributed by atoms with van der Waals surface area (Å²) >= 11 is 0. The van der Waals surface area contributed by atoms with Gasteiger partial charge in [-0.1, -0.05) is 46.1 Å². The zero-order valence-electron chi connectivity index (χ0n) is 32.4. The fourth-order valence-corrected chi connectivity index (χ4v) is 9.66. The molecule has 0 radical (unpaired) electrons. The number of ether oxygens (including phenoxy) is 2. The maximum absolute atomic E-state index is 14.5. The van der Waals surface area contributed by atoms with Crippen molar-refractivity contribution < 1.29 is 38.9 Å². The molecule has 1 heterocycles. The van der Waals surface area contributed by atoms with Gasteiger partial charge >= 0.3 is 5.97 Å². The number of hydroxylamine groups is 2. The SMILES string of the molecule is CCC[C@@H]1C[C@]2(CC)CC2[C@H](NC(=O)[C@@H]2[C@H](C(C)O)[C@H](CO)ON2CC2=CCCC(c3cc(C(=O)NCC(=O)OC)cc(N(C)C)c3)C2OC)C1C. The molecular formula is C40H62N4O8. The van der Waals surface area contributed by atoms with Crippen LogP contribution in [0.4, 0.5) is 5.69 Å². The molecule has 2 amide bonds. The number of fused-ring (bicyclic) bond motifs is 1. The number of anilines is 1. The number of aliphatic hydroxyl groups is 2. The van der Waals surface area contributed by atoms with E-state index in [-0.39, 0.29) is 43.5 Å². The van der Waals surface area contributed by atoms with Crippen LogP contribution in [0, 0.1) is 29.1 Å². The van der Waals surface area contributed by atoms with Crippen LogP contribution in [0.3, 0.4) is 0 Å². The highest BCUT2D eigenvalue weighted by molar-refractivity contribution is 5.97. The molecule has 2 saturated carbocycles. The topological polar surface area (TPSA) is 150 Å². The Bertz CT molecular complexity index is 1470. The first-order valence-corrected chi connectivity index (χ1v) is 19.2. The molecule has 12 heteroatoms. The molecule has 11 atom stereocenters. The van der Waals surface area contributed by atoms with E-state index in [1.54, 1.807) is 25.2 Å². The molecule has 1 aromatic carbocycles. The van der Waals surface area contributed by atoms with Crippen molar-refractivity contribution in [3.8, 4) is 0 Å². The number of hydrogen-bond donors (Lipinski definition) is 4. The summed E-state index contributed by atoms with van der Waals surface area (Å²) in [6, 6.07) is 4.92. The maximum atomic E-state index is 14.5. The largest absolute Gasteiger partial charge is 0.468 e. The normalized spacial score (nSPS) is 33.4. The minimum Gasteiger partial charge on any atom is -0.468 e. The van der Waals surface area contributed by atoms with Gasteiger partial charge in [-0.2, -0.15) is 5.06 Å². The number of carbonyl (C=O) groups excluding carboxylic acids is 3. The van der Waals surface area contributed by atoms with E-state index in [4.69, 9.17) is 9.57 Å². The van der Waals surface area contributed by atoms with Gasteiger partial charge < -0.3 is 35.2 Å². The molecule has 3 fully saturated rings. The number of benzene rings is 1. The van der Waals surface area contributed by atoms with Gasteiger partial charge in [0.15, 0.2) is 0 Å². The quantitative estimate of drug-likeness (QED) is 0.155. The Labute approximate surface area is 309 Å². The minimum absolute atomic E-state index is 0.0513. The molecule has 1 saturated heterocycles. The summed E-state index contributed by atoms with van der Waals surface area (Å²) in [6.07, 6.45) is 7.34. The van der Waals surface area contributed by atoms with Crippen molar-refractivity contribution in [2.24, 2.45) is 29.1 Å². The van der Waals surface area contributed by atoms with E-state index >= 15 is 0 Å². The van der Waals surface area contributed by atoms with Gasteiger partial charge in [-0.15, -0.1) is 0 Å². The summed E-state index contributed by atoms with van der Waals surface area (Å²) in [5, 5.41) is 29.2. The number of carbonyl (C=O) groups is 3. The van der Waals surface area contributed by atoms with Gasteiger partial charge in [0.25, 0.3) is 5.91 Å². The monoisotopic (exact) mass is 726 g/mol. The lowest BCUT2D eigenvalue weighted by molar-refractivity contribution is -0.174. The van der Waals surface area contributed by atoms with Crippen LogP contribution in [0.25, 0.3) is 0 Å². The third-order valence-corrected chi connectivity index (χ3v) is 12.7. The molecule has 4 N–H and O–H groups in total. The molecule has 0 aromatic heterocycles. The Kier molecular flexibility index (Phi) is 13.1. The Morgan fingerprint density at radius 1 is 1.15 bits per heavy atom. The number of nitrogens with one attached hydrogen (secondary N) is 2. The van der Waals surface area contributed by atoms with E-state index in [0.717, 1.165) is 55.3 Å². The van der Waals surface area contributed by atoms with Gasteiger partial charge in [0.05, 0.1) is 25.9 Å². The van der Waals surface area contributed by atoms with Gasteiger partial charge in [-0.05, 0) is 85.1 Å². The second-order valence-corrected chi connectivity index (χ2v) is 15.9. The maximum Gasteiger partial charge on any atom is 0.325 e. The standard InChI is InChI=1S/C40H62N4O8/c1-9-12-25-18-40(10-2)19-31(40)35(23(25)3)42-39(49)36-34(24(4)46)32(22-45)52-44(36)21-26-13-11-14-30(37(26)51-8)27-15-28(17-29(16-27)43(5)6)38(48)41-20-33(47)50-7/h13,15-17,23-25,30-32,34-37,45-46H,9-12,14,18-22H2,1-8H3,(H,41,48)(H,42,49)/t23?,24?,25-,30?,31?,32+,34-,35-,36+,37?,40-/m1/s1. The van der Waals surface area contributed by atoms with Crippen LogP contribution < -0.4 is 15.5 Å². The van der Waals surface area contributed by atoms with Crippen molar-refractivity contribution in [1.29, 1.82) is 0 Å². The first-order valence-electron chi connectivity index (χ1n) is 19.2. The van der Waals surface area contributed by atoms with E-state index < -0.39 is 36.2 Å².